The molecular weight excluding hydrogens is 394 g/mol. The summed E-state index contributed by atoms with van der Waals surface area (Å²) in [5.74, 6) is 0.840. The van der Waals surface area contributed by atoms with Gasteiger partial charge in [-0.3, -0.25) is 0 Å². The number of aromatic nitrogens is 2. The van der Waals surface area contributed by atoms with Gasteiger partial charge < -0.3 is 5.32 Å². The molecule has 0 aliphatic heterocycles. The summed E-state index contributed by atoms with van der Waals surface area (Å²) >= 11 is 5.18. The van der Waals surface area contributed by atoms with E-state index in [9.17, 15) is 0 Å². The Labute approximate surface area is 158 Å². The van der Waals surface area contributed by atoms with Crippen LogP contribution < -0.4 is 5.32 Å². The van der Waals surface area contributed by atoms with Gasteiger partial charge >= 0.3 is 0 Å². The summed E-state index contributed by atoms with van der Waals surface area (Å²) in [6, 6.07) is 16.7. The van der Waals surface area contributed by atoms with E-state index in [0.717, 1.165) is 26.2 Å². The molecule has 0 amide bonds. The summed E-state index contributed by atoms with van der Waals surface area (Å²) < 4.78 is 1.05. The predicted molar refractivity (Wildman–Crippen MR) is 110 cm³/mol. The molecule has 3 nitrogen and oxygen atoms in total. The Bertz CT molecular complexity index is 1040. The summed E-state index contributed by atoms with van der Waals surface area (Å²) in [6.45, 7) is 4.25. The molecular formula is C20H16BrN3S. The van der Waals surface area contributed by atoms with Gasteiger partial charge in [-0.05, 0) is 43.7 Å². The molecule has 2 aromatic heterocycles. The van der Waals surface area contributed by atoms with Crippen LogP contribution in [-0.4, -0.2) is 9.97 Å². The Kier molecular flexibility index (Phi) is 4.27. The van der Waals surface area contributed by atoms with Crippen molar-refractivity contribution in [3.63, 3.8) is 0 Å². The number of anilines is 2. The highest BCUT2D eigenvalue weighted by Crippen LogP contribution is 2.41. The standard InChI is InChI=1S/C20H16BrN3S/c1-12-3-5-14(6-4-12)17-13(2)25-20-18(17)19(22-11-23-20)24-16-9-7-15(21)8-10-16/h3-11H,1-2H3,(H,22,23,24). The second-order valence-corrected chi connectivity index (χ2v) is 8.05. The van der Waals surface area contributed by atoms with E-state index in [1.165, 1.54) is 21.6 Å². The summed E-state index contributed by atoms with van der Waals surface area (Å²) in [5, 5.41) is 4.52. The molecule has 2 aromatic carbocycles. The molecule has 0 spiro atoms. The van der Waals surface area contributed by atoms with Crippen LogP contribution in [0.1, 0.15) is 10.4 Å². The number of benzene rings is 2. The zero-order valence-corrected chi connectivity index (χ0v) is 16.3. The Morgan fingerprint density at radius 3 is 2.36 bits per heavy atom. The number of nitrogens with one attached hydrogen (secondary N) is 1. The zero-order chi connectivity index (χ0) is 17.4. The van der Waals surface area contributed by atoms with Crippen LogP contribution in [0.2, 0.25) is 0 Å². The highest BCUT2D eigenvalue weighted by Gasteiger charge is 2.16. The van der Waals surface area contributed by atoms with Crippen molar-refractivity contribution in [2.75, 3.05) is 5.32 Å². The quantitative estimate of drug-likeness (QED) is 0.420. The van der Waals surface area contributed by atoms with E-state index in [1.807, 2.05) is 24.3 Å². The van der Waals surface area contributed by atoms with Crippen molar-refractivity contribution >= 4 is 49.0 Å². The van der Waals surface area contributed by atoms with Crippen LogP contribution in [0.5, 0.6) is 0 Å². The number of thiophene rings is 1. The third kappa shape index (κ3) is 3.17. The normalized spacial score (nSPS) is 11.0. The van der Waals surface area contributed by atoms with Crippen molar-refractivity contribution in [2.24, 2.45) is 0 Å². The summed E-state index contributed by atoms with van der Waals surface area (Å²) in [7, 11) is 0. The van der Waals surface area contributed by atoms with E-state index in [4.69, 9.17) is 0 Å². The third-order valence-corrected chi connectivity index (χ3v) is 5.65. The molecule has 0 radical (unpaired) electrons. The largest absolute Gasteiger partial charge is 0.340 e. The predicted octanol–water partition coefficient (Wildman–Crippen LogP) is 6.48. The van der Waals surface area contributed by atoms with Crippen LogP contribution in [0.4, 0.5) is 11.5 Å². The SMILES string of the molecule is Cc1ccc(-c2c(C)sc3ncnc(Nc4ccc(Br)cc4)c23)cc1. The molecule has 0 aliphatic carbocycles. The number of aryl methyl sites for hydroxylation is 2. The molecule has 4 rings (SSSR count). The van der Waals surface area contributed by atoms with E-state index in [2.05, 4.69) is 69.3 Å². The van der Waals surface area contributed by atoms with Gasteiger partial charge in [0.2, 0.25) is 0 Å². The fourth-order valence-electron chi connectivity index (χ4n) is 2.88. The van der Waals surface area contributed by atoms with Gasteiger partial charge in [0.1, 0.15) is 17.0 Å². The fourth-order valence-corrected chi connectivity index (χ4v) is 4.15. The lowest BCUT2D eigenvalue weighted by atomic mass is 10.0. The summed E-state index contributed by atoms with van der Waals surface area (Å²) in [6.07, 6.45) is 1.62. The second kappa shape index (κ2) is 6.58. The molecule has 0 saturated carbocycles. The van der Waals surface area contributed by atoms with Gasteiger partial charge in [-0.1, -0.05) is 45.8 Å². The maximum absolute atomic E-state index is 4.51. The van der Waals surface area contributed by atoms with Crippen LogP contribution in [0, 0.1) is 13.8 Å². The first-order valence-electron chi connectivity index (χ1n) is 7.95. The molecule has 124 valence electrons. The first-order chi connectivity index (χ1) is 12.1. The second-order valence-electron chi connectivity index (χ2n) is 5.93. The van der Waals surface area contributed by atoms with Crippen LogP contribution in [0.25, 0.3) is 21.3 Å². The van der Waals surface area contributed by atoms with Crippen LogP contribution in [0.15, 0.2) is 59.3 Å². The molecule has 0 fully saturated rings. The third-order valence-electron chi connectivity index (χ3n) is 4.11. The van der Waals surface area contributed by atoms with Gasteiger partial charge in [0.05, 0.1) is 5.39 Å². The molecule has 5 heteroatoms. The van der Waals surface area contributed by atoms with Crippen molar-refractivity contribution in [3.05, 3.63) is 69.8 Å². The van der Waals surface area contributed by atoms with E-state index >= 15 is 0 Å². The lowest BCUT2D eigenvalue weighted by Crippen LogP contribution is -1.95. The molecule has 0 bridgehead atoms. The van der Waals surface area contributed by atoms with Crippen molar-refractivity contribution in [3.8, 4) is 11.1 Å². The minimum atomic E-state index is 0.840. The maximum Gasteiger partial charge on any atom is 0.143 e. The zero-order valence-electron chi connectivity index (χ0n) is 13.9. The highest BCUT2D eigenvalue weighted by atomic mass is 79.9. The smallest absolute Gasteiger partial charge is 0.143 e. The van der Waals surface area contributed by atoms with Crippen molar-refractivity contribution < 1.29 is 0 Å². The van der Waals surface area contributed by atoms with Gasteiger partial charge in [0, 0.05) is 20.6 Å². The van der Waals surface area contributed by atoms with Crippen molar-refractivity contribution in [1.29, 1.82) is 0 Å². The topological polar surface area (TPSA) is 37.8 Å². The average Bonchev–Trinajstić information content (AvgIpc) is 2.95. The summed E-state index contributed by atoms with van der Waals surface area (Å²) in [4.78, 5) is 11.2. The average molecular weight is 410 g/mol. The van der Waals surface area contributed by atoms with Crippen LogP contribution >= 0.6 is 27.3 Å². The molecule has 0 unspecified atom stereocenters. The lowest BCUT2D eigenvalue weighted by molar-refractivity contribution is 1.23. The molecule has 1 N–H and O–H groups in total. The first-order valence-corrected chi connectivity index (χ1v) is 9.56. The minimum absolute atomic E-state index is 0.840. The van der Waals surface area contributed by atoms with Gasteiger partial charge in [0.15, 0.2) is 0 Å². The van der Waals surface area contributed by atoms with E-state index < -0.39 is 0 Å². The van der Waals surface area contributed by atoms with Crippen molar-refractivity contribution in [1.82, 2.24) is 9.97 Å². The Balaban J connectivity index is 1.87. The fraction of sp³-hybridized carbons (Fsp3) is 0.100. The monoisotopic (exact) mass is 409 g/mol. The Morgan fingerprint density at radius 1 is 0.920 bits per heavy atom. The van der Waals surface area contributed by atoms with Gasteiger partial charge in [-0.2, -0.15) is 0 Å². The molecule has 0 saturated heterocycles. The number of rotatable bonds is 3. The number of nitrogens with zero attached hydrogens (tertiary/aromatic N) is 2. The van der Waals surface area contributed by atoms with E-state index in [0.29, 0.717) is 0 Å². The first kappa shape index (κ1) is 16.2. The lowest BCUT2D eigenvalue weighted by Gasteiger charge is -2.09. The molecule has 0 aliphatic rings. The van der Waals surface area contributed by atoms with Gasteiger partial charge in [-0.25, -0.2) is 9.97 Å². The van der Waals surface area contributed by atoms with Crippen LogP contribution in [-0.2, 0) is 0 Å². The Hall–Kier alpha value is -2.24. The molecule has 4 aromatic rings. The Morgan fingerprint density at radius 2 is 1.64 bits per heavy atom. The number of hydrogen-bond acceptors (Lipinski definition) is 4. The number of halogens is 1. The minimum Gasteiger partial charge on any atom is -0.340 e. The van der Waals surface area contributed by atoms with Crippen molar-refractivity contribution in [2.45, 2.75) is 13.8 Å². The van der Waals surface area contributed by atoms with Gasteiger partial charge in [-0.15, -0.1) is 11.3 Å². The molecule has 0 atom stereocenters. The van der Waals surface area contributed by atoms with E-state index in [-0.39, 0.29) is 0 Å². The number of fused-ring (bicyclic) bond motifs is 1. The van der Waals surface area contributed by atoms with Crippen LogP contribution in [0.3, 0.4) is 0 Å². The maximum atomic E-state index is 4.51. The summed E-state index contributed by atoms with van der Waals surface area (Å²) in [5.41, 5.74) is 4.66. The highest BCUT2D eigenvalue weighted by molar-refractivity contribution is 9.10. The molecule has 2 heterocycles. The molecule has 25 heavy (non-hydrogen) atoms. The number of hydrogen-bond donors (Lipinski definition) is 1. The van der Waals surface area contributed by atoms with Gasteiger partial charge in [0.25, 0.3) is 0 Å². The van der Waals surface area contributed by atoms with E-state index in [1.54, 1.807) is 17.7 Å².